The second-order valence-electron chi connectivity index (χ2n) is 5.38. The first kappa shape index (κ1) is 12.6. The van der Waals surface area contributed by atoms with Crippen molar-refractivity contribution in [2.24, 2.45) is 5.73 Å². The molecule has 94 valence electrons. The van der Waals surface area contributed by atoms with Crippen molar-refractivity contribution < 1.29 is 5.11 Å². The van der Waals surface area contributed by atoms with E-state index in [0.717, 1.165) is 13.0 Å². The maximum atomic E-state index is 10.0. The van der Waals surface area contributed by atoms with Crippen LogP contribution in [0.25, 0.3) is 0 Å². The molecular weight excluding hydrogens is 212 g/mol. The van der Waals surface area contributed by atoms with E-state index in [1.165, 1.54) is 11.1 Å². The van der Waals surface area contributed by atoms with Crippen molar-refractivity contribution >= 4 is 0 Å². The summed E-state index contributed by atoms with van der Waals surface area (Å²) < 4.78 is 0. The molecule has 17 heavy (non-hydrogen) atoms. The highest BCUT2D eigenvalue weighted by Gasteiger charge is 2.34. The molecule has 2 unspecified atom stereocenters. The van der Waals surface area contributed by atoms with E-state index in [0.29, 0.717) is 13.1 Å². The van der Waals surface area contributed by atoms with E-state index in [9.17, 15) is 5.11 Å². The van der Waals surface area contributed by atoms with Gasteiger partial charge in [0, 0.05) is 25.7 Å². The largest absolute Gasteiger partial charge is 0.389 e. The van der Waals surface area contributed by atoms with Gasteiger partial charge in [0.05, 0.1) is 5.60 Å². The molecule has 1 fully saturated rings. The highest BCUT2D eigenvalue weighted by atomic mass is 16.3. The second-order valence-corrected chi connectivity index (χ2v) is 5.38. The number of hydrogen-bond donors (Lipinski definition) is 2. The number of nitrogens with zero attached hydrogens (tertiary/aromatic N) is 1. The summed E-state index contributed by atoms with van der Waals surface area (Å²) in [5.74, 6) is 0. The van der Waals surface area contributed by atoms with Gasteiger partial charge in [-0.25, -0.2) is 0 Å². The zero-order valence-corrected chi connectivity index (χ0v) is 10.7. The van der Waals surface area contributed by atoms with E-state index >= 15 is 0 Å². The molecule has 3 nitrogen and oxygen atoms in total. The SMILES string of the molecule is Cc1cccc(C(CN)N2CCC(C)(O)C2)c1. The summed E-state index contributed by atoms with van der Waals surface area (Å²) in [5.41, 5.74) is 7.85. The Morgan fingerprint density at radius 1 is 1.53 bits per heavy atom. The van der Waals surface area contributed by atoms with Gasteiger partial charge in [0.2, 0.25) is 0 Å². The molecule has 0 aliphatic carbocycles. The Hall–Kier alpha value is -0.900. The Morgan fingerprint density at radius 3 is 2.82 bits per heavy atom. The van der Waals surface area contributed by atoms with Crippen LogP contribution in [0.1, 0.15) is 30.5 Å². The van der Waals surface area contributed by atoms with Gasteiger partial charge in [-0.05, 0) is 25.8 Å². The van der Waals surface area contributed by atoms with E-state index in [2.05, 4.69) is 36.1 Å². The minimum absolute atomic E-state index is 0.226. The lowest BCUT2D eigenvalue weighted by atomic mass is 10.0. The third kappa shape index (κ3) is 2.86. The molecule has 0 amide bonds. The molecule has 1 aliphatic rings. The first-order valence-corrected chi connectivity index (χ1v) is 6.25. The average Bonchev–Trinajstić information content (AvgIpc) is 2.60. The highest BCUT2D eigenvalue weighted by molar-refractivity contribution is 5.25. The molecule has 0 radical (unpaired) electrons. The zero-order chi connectivity index (χ0) is 12.5. The van der Waals surface area contributed by atoms with Crippen LogP contribution in [0, 0.1) is 6.92 Å². The summed E-state index contributed by atoms with van der Waals surface area (Å²) in [5, 5.41) is 10.0. The molecule has 2 rings (SSSR count). The van der Waals surface area contributed by atoms with Crippen LogP contribution in [0.15, 0.2) is 24.3 Å². The molecular formula is C14H22N2O. The summed E-state index contributed by atoms with van der Waals surface area (Å²) in [6.45, 7) is 6.22. The molecule has 0 spiro atoms. The van der Waals surface area contributed by atoms with Gasteiger partial charge in [0.1, 0.15) is 0 Å². The first-order chi connectivity index (χ1) is 8.02. The lowest BCUT2D eigenvalue weighted by molar-refractivity contribution is 0.0626. The van der Waals surface area contributed by atoms with Crippen molar-refractivity contribution in [1.29, 1.82) is 0 Å². The van der Waals surface area contributed by atoms with E-state index in [-0.39, 0.29) is 6.04 Å². The van der Waals surface area contributed by atoms with Crippen molar-refractivity contribution in [1.82, 2.24) is 4.90 Å². The van der Waals surface area contributed by atoms with Gasteiger partial charge < -0.3 is 10.8 Å². The number of aryl methyl sites for hydroxylation is 1. The maximum absolute atomic E-state index is 10.0. The highest BCUT2D eigenvalue weighted by Crippen LogP contribution is 2.29. The van der Waals surface area contributed by atoms with Crippen LogP contribution in [0.4, 0.5) is 0 Å². The van der Waals surface area contributed by atoms with Crippen LogP contribution >= 0.6 is 0 Å². The van der Waals surface area contributed by atoms with Gasteiger partial charge in [-0.15, -0.1) is 0 Å². The number of benzene rings is 1. The minimum Gasteiger partial charge on any atom is -0.389 e. The molecule has 0 bridgehead atoms. The molecule has 0 aromatic heterocycles. The van der Waals surface area contributed by atoms with Gasteiger partial charge in [-0.2, -0.15) is 0 Å². The summed E-state index contributed by atoms with van der Waals surface area (Å²) >= 11 is 0. The quantitative estimate of drug-likeness (QED) is 0.832. The van der Waals surface area contributed by atoms with Crippen LogP contribution in [0.2, 0.25) is 0 Å². The smallest absolute Gasteiger partial charge is 0.0758 e. The van der Waals surface area contributed by atoms with E-state index in [1.54, 1.807) is 0 Å². The fraction of sp³-hybridized carbons (Fsp3) is 0.571. The van der Waals surface area contributed by atoms with Crippen LogP contribution < -0.4 is 5.73 Å². The molecule has 0 saturated carbocycles. The van der Waals surface area contributed by atoms with Crippen molar-refractivity contribution in [3.63, 3.8) is 0 Å². The third-order valence-electron chi connectivity index (χ3n) is 3.57. The van der Waals surface area contributed by atoms with E-state index in [1.807, 2.05) is 6.92 Å². The molecule has 1 heterocycles. The number of likely N-dealkylation sites (tertiary alicyclic amines) is 1. The molecule has 1 aliphatic heterocycles. The number of β-amino-alcohol motifs (C(OH)–C–C–N with tert-alkyl or cyclic N) is 1. The molecule has 2 atom stereocenters. The Morgan fingerprint density at radius 2 is 2.29 bits per heavy atom. The van der Waals surface area contributed by atoms with E-state index < -0.39 is 5.60 Å². The summed E-state index contributed by atoms with van der Waals surface area (Å²) in [4.78, 5) is 2.29. The van der Waals surface area contributed by atoms with Crippen LogP contribution in [-0.4, -0.2) is 35.2 Å². The Bertz CT molecular complexity index is 390. The van der Waals surface area contributed by atoms with Crippen LogP contribution in [0.3, 0.4) is 0 Å². The summed E-state index contributed by atoms with van der Waals surface area (Å²) in [6, 6.07) is 8.70. The normalized spacial score (nSPS) is 27.3. The molecule has 1 aromatic carbocycles. The van der Waals surface area contributed by atoms with Crippen LogP contribution in [0.5, 0.6) is 0 Å². The topological polar surface area (TPSA) is 49.5 Å². The van der Waals surface area contributed by atoms with Crippen LogP contribution in [-0.2, 0) is 0 Å². The van der Waals surface area contributed by atoms with Gasteiger partial charge >= 0.3 is 0 Å². The first-order valence-electron chi connectivity index (χ1n) is 6.25. The number of nitrogens with two attached hydrogens (primary N) is 1. The Balaban J connectivity index is 2.17. The van der Waals surface area contributed by atoms with Crippen molar-refractivity contribution in [3.05, 3.63) is 35.4 Å². The lowest BCUT2D eigenvalue weighted by Crippen LogP contribution is -2.35. The number of rotatable bonds is 3. The fourth-order valence-corrected chi connectivity index (χ4v) is 2.62. The number of hydrogen-bond acceptors (Lipinski definition) is 3. The Labute approximate surface area is 103 Å². The van der Waals surface area contributed by atoms with Crippen molar-refractivity contribution in [2.45, 2.75) is 31.9 Å². The van der Waals surface area contributed by atoms with Gasteiger partial charge in [0.15, 0.2) is 0 Å². The summed E-state index contributed by atoms with van der Waals surface area (Å²) in [7, 11) is 0. The summed E-state index contributed by atoms with van der Waals surface area (Å²) in [6.07, 6.45) is 0.829. The maximum Gasteiger partial charge on any atom is 0.0758 e. The monoisotopic (exact) mass is 234 g/mol. The van der Waals surface area contributed by atoms with Gasteiger partial charge in [-0.3, -0.25) is 4.90 Å². The predicted molar refractivity (Wildman–Crippen MR) is 69.8 cm³/mol. The lowest BCUT2D eigenvalue weighted by Gasteiger charge is -2.28. The third-order valence-corrected chi connectivity index (χ3v) is 3.57. The zero-order valence-electron chi connectivity index (χ0n) is 10.7. The Kier molecular flexibility index (Phi) is 3.52. The van der Waals surface area contributed by atoms with E-state index in [4.69, 9.17) is 5.73 Å². The molecule has 1 saturated heterocycles. The number of aliphatic hydroxyl groups is 1. The average molecular weight is 234 g/mol. The molecule has 3 heteroatoms. The fourth-order valence-electron chi connectivity index (χ4n) is 2.62. The standard InChI is InChI=1S/C14H22N2O/c1-11-4-3-5-12(8-11)13(9-15)16-7-6-14(2,17)10-16/h3-5,8,13,17H,6-7,9-10,15H2,1-2H3. The van der Waals surface area contributed by atoms with Crippen molar-refractivity contribution in [2.75, 3.05) is 19.6 Å². The molecule has 1 aromatic rings. The predicted octanol–water partition coefficient (Wildman–Crippen LogP) is 1.45. The minimum atomic E-state index is -0.558. The van der Waals surface area contributed by atoms with Gasteiger partial charge in [0.25, 0.3) is 0 Å². The second kappa shape index (κ2) is 4.77. The van der Waals surface area contributed by atoms with Gasteiger partial charge in [-0.1, -0.05) is 29.8 Å². The van der Waals surface area contributed by atoms with Crippen molar-refractivity contribution in [3.8, 4) is 0 Å². The molecule has 3 N–H and O–H groups in total.